The largest absolute Gasteiger partial charge is 0.331 e. The molecule has 3 nitrogen and oxygen atoms in total. The summed E-state index contributed by atoms with van der Waals surface area (Å²) in [5.41, 5.74) is 0.352. The van der Waals surface area contributed by atoms with E-state index in [2.05, 4.69) is 5.32 Å². The van der Waals surface area contributed by atoms with Gasteiger partial charge in [0.15, 0.2) is 5.82 Å². The molecule has 0 saturated carbocycles. The van der Waals surface area contributed by atoms with E-state index in [9.17, 15) is 9.18 Å². The van der Waals surface area contributed by atoms with Crippen molar-refractivity contribution in [1.29, 1.82) is 0 Å². The normalized spacial score (nSPS) is 9.93. The number of nitrogens with one attached hydrogen (secondary N) is 1. The van der Waals surface area contributed by atoms with Crippen LogP contribution in [0.15, 0.2) is 12.1 Å². The molecule has 0 saturated heterocycles. The van der Waals surface area contributed by atoms with Crippen molar-refractivity contribution in [3.05, 3.63) is 28.0 Å². The molecule has 0 radical (unpaired) electrons. The fourth-order valence-corrected chi connectivity index (χ4v) is 1.35. The lowest BCUT2D eigenvalue weighted by atomic mass is 10.3. The number of nitrogens with zero attached hydrogens (tertiary/aromatic N) is 1. The van der Waals surface area contributed by atoms with Crippen LogP contribution in [0.1, 0.15) is 0 Å². The Balaban J connectivity index is 2.93. The molecule has 6 heteroatoms. The van der Waals surface area contributed by atoms with Gasteiger partial charge in [0, 0.05) is 19.8 Å². The molecule has 15 heavy (non-hydrogen) atoms. The minimum absolute atomic E-state index is 0.128. The fourth-order valence-electron chi connectivity index (χ4n) is 0.863. The number of hydrogen-bond acceptors (Lipinski definition) is 1. The summed E-state index contributed by atoms with van der Waals surface area (Å²) < 4.78 is 13.0. The molecule has 1 rings (SSSR count). The standard InChI is InChI=1S/C9H9Cl2FN2O/c1-14(2)9(15)13-5-3-6(10)8(12)7(11)4-5/h3-4H,1-2H3,(H,13,15). The Hall–Kier alpha value is -1.00. The fraction of sp³-hybridized carbons (Fsp3) is 0.222. The topological polar surface area (TPSA) is 32.3 Å². The van der Waals surface area contributed by atoms with Crippen molar-refractivity contribution in [3.63, 3.8) is 0 Å². The van der Waals surface area contributed by atoms with Crippen LogP contribution in [-0.2, 0) is 0 Å². The second-order valence-corrected chi connectivity index (χ2v) is 3.89. The number of rotatable bonds is 1. The van der Waals surface area contributed by atoms with Crippen LogP contribution >= 0.6 is 23.2 Å². The van der Waals surface area contributed by atoms with Crippen molar-refractivity contribution in [1.82, 2.24) is 4.90 Å². The zero-order valence-corrected chi connectivity index (χ0v) is 9.66. The van der Waals surface area contributed by atoms with E-state index in [1.807, 2.05) is 0 Å². The van der Waals surface area contributed by atoms with Gasteiger partial charge in [-0.15, -0.1) is 0 Å². The van der Waals surface area contributed by atoms with Crippen LogP contribution < -0.4 is 5.32 Å². The van der Waals surface area contributed by atoms with Crippen LogP contribution in [-0.4, -0.2) is 25.0 Å². The molecule has 0 spiro atoms. The third kappa shape index (κ3) is 2.97. The van der Waals surface area contributed by atoms with E-state index in [1.54, 1.807) is 14.1 Å². The number of anilines is 1. The van der Waals surface area contributed by atoms with Gasteiger partial charge >= 0.3 is 6.03 Å². The van der Waals surface area contributed by atoms with Crippen LogP contribution in [0, 0.1) is 5.82 Å². The maximum atomic E-state index is 13.0. The predicted octanol–water partition coefficient (Wildman–Crippen LogP) is 3.23. The van der Waals surface area contributed by atoms with Gasteiger partial charge < -0.3 is 10.2 Å². The number of carbonyl (C=O) groups excluding carboxylic acids is 1. The second-order valence-electron chi connectivity index (χ2n) is 3.08. The minimum Gasteiger partial charge on any atom is -0.331 e. The van der Waals surface area contributed by atoms with Crippen molar-refractivity contribution in [2.24, 2.45) is 0 Å². The molecule has 0 heterocycles. The van der Waals surface area contributed by atoms with E-state index in [1.165, 1.54) is 17.0 Å². The highest BCUT2D eigenvalue weighted by Crippen LogP contribution is 2.27. The molecule has 1 N–H and O–H groups in total. The molecule has 0 unspecified atom stereocenters. The van der Waals surface area contributed by atoms with Crippen molar-refractivity contribution in [2.45, 2.75) is 0 Å². The van der Waals surface area contributed by atoms with Gasteiger partial charge in [-0.3, -0.25) is 0 Å². The Labute approximate surface area is 96.8 Å². The maximum Gasteiger partial charge on any atom is 0.321 e. The van der Waals surface area contributed by atoms with Gasteiger partial charge in [-0.1, -0.05) is 23.2 Å². The van der Waals surface area contributed by atoms with E-state index < -0.39 is 5.82 Å². The molecular formula is C9H9Cl2FN2O. The van der Waals surface area contributed by atoms with E-state index in [-0.39, 0.29) is 16.1 Å². The first kappa shape index (κ1) is 12.1. The van der Waals surface area contributed by atoms with Crippen LogP contribution in [0.25, 0.3) is 0 Å². The quantitative estimate of drug-likeness (QED) is 0.763. The molecule has 0 bridgehead atoms. The lowest BCUT2D eigenvalue weighted by molar-refractivity contribution is 0.230. The highest BCUT2D eigenvalue weighted by Gasteiger charge is 2.10. The number of halogens is 3. The maximum absolute atomic E-state index is 13.0. The molecule has 0 aliphatic carbocycles. The number of amides is 2. The Morgan fingerprint density at radius 2 is 1.80 bits per heavy atom. The van der Waals surface area contributed by atoms with Crippen molar-refractivity contribution in [2.75, 3.05) is 19.4 Å². The van der Waals surface area contributed by atoms with Gasteiger partial charge in [0.25, 0.3) is 0 Å². The Bertz CT molecular complexity index is 373. The monoisotopic (exact) mass is 250 g/mol. The van der Waals surface area contributed by atoms with Crippen molar-refractivity contribution < 1.29 is 9.18 Å². The summed E-state index contributed by atoms with van der Waals surface area (Å²) >= 11 is 11.1. The number of carbonyl (C=O) groups is 1. The summed E-state index contributed by atoms with van der Waals surface area (Å²) in [6.07, 6.45) is 0. The smallest absolute Gasteiger partial charge is 0.321 e. The van der Waals surface area contributed by atoms with Gasteiger partial charge in [0.1, 0.15) is 0 Å². The van der Waals surface area contributed by atoms with E-state index in [0.717, 1.165) is 0 Å². The summed E-state index contributed by atoms with van der Waals surface area (Å²) in [6.45, 7) is 0. The first-order valence-electron chi connectivity index (χ1n) is 4.04. The van der Waals surface area contributed by atoms with Crippen LogP contribution in [0.2, 0.25) is 10.0 Å². The number of hydrogen-bond donors (Lipinski definition) is 1. The number of benzene rings is 1. The first-order valence-corrected chi connectivity index (χ1v) is 4.80. The molecule has 0 atom stereocenters. The molecule has 0 aliphatic rings. The Kier molecular flexibility index (Phi) is 3.77. The van der Waals surface area contributed by atoms with Crippen molar-refractivity contribution >= 4 is 34.9 Å². The SMILES string of the molecule is CN(C)C(=O)Nc1cc(Cl)c(F)c(Cl)c1. The zero-order valence-electron chi connectivity index (χ0n) is 8.14. The second kappa shape index (κ2) is 4.68. The molecule has 0 fully saturated rings. The average molecular weight is 251 g/mol. The lowest BCUT2D eigenvalue weighted by Gasteiger charge is -2.12. The molecule has 0 aromatic heterocycles. The molecule has 1 aromatic carbocycles. The third-order valence-corrected chi connectivity index (χ3v) is 2.19. The molecule has 2 amide bonds. The van der Waals surface area contributed by atoms with Gasteiger partial charge in [-0.05, 0) is 12.1 Å². The van der Waals surface area contributed by atoms with Crippen LogP contribution in [0.3, 0.4) is 0 Å². The van der Waals surface area contributed by atoms with Gasteiger partial charge in [0.05, 0.1) is 10.0 Å². The molecule has 1 aromatic rings. The average Bonchev–Trinajstić information content (AvgIpc) is 2.13. The van der Waals surface area contributed by atoms with E-state index in [4.69, 9.17) is 23.2 Å². The molecule has 0 aliphatic heterocycles. The van der Waals surface area contributed by atoms with Gasteiger partial charge in [0.2, 0.25) is 0 Å². The summed E-state index contributed by atoms with van der Waals surface area (Å²) in [6, 6.07) is 2.25. The van der Waals surface area contributed by atoms with Gasteiger partial charge in [-0.2, -0.15) is 0 Å². The molecular weight excluding hydrogens is 242 g/mol. The summed E-state index contributed by atoms with van der Waals surface area (Å²) in [4.78, 5) is 12.6. The minimum atomic E-state index is -0.693. The highest BCUT2D eigenvalue weighted by molar-refractivity contribution is 6.35. The van der Waals surface area contributed by atoms with E-state index >= 15 is 0 Å². The Morgan fingerprint density at radius 1 is 1.33 bits per heavy atom. The lowest BCUT2D eigenvalue weighted by Crippen LogP contribution is -2.27. The molecule has 82 valence electrons. The third-order valence-electron chi connectivity index (χ3n) is 1.64. The predicted molar refractivity (Wildman–Crippen MR) is 59.1 cm³/mol. The number of urea groups is 1. The highest BCUT2D eigenvalue weighted by atomic mass is 35.5. The van der Waals surface area contributed by atoms with E-state index in [0.29, 0.717) is 5.69 Å². The Morgan fingerprint density at radius 3 is 2.20 bits per heavy atom. The summed E-state index contributed by atoms with van der Waals surface area (Å²) in [5.74, 6) is -0.693. The van der Waals surface area contributed by atoms with Gasteiger partial charge in [-0.25, -0.2) is 9.18 Å². The van der Waals surface area contributed by atoms with Crippen LogP contribution in [0.5, 0.6) is 0 Å². The summed E-state index contributed by atoms with van der Waals surface area (Å²) in [7, 11) is 3.17. The first-order chi connectivity index (χ1) is 6.91. The van der Waals surface area contributed by atoms with Crippen LogP contribution in [0.4, 0.5) is 14.9 Å². The van der Waals surface area contributed by atoms with Crippen molar-refractivity contribution in [3.8, 4) is 0 Å². The zero-order chi connectivity index (χ0) is 11.6. The summed E-state index contributed by atoms with van der Waals surface area (Å²) in [5, 5.41) is 2.25.